The van der Waals surface area contributed by atoms with E-state index in [4.69, 9.17) is 11.6 Å². The van der Waals surface area contributed by atoms with E-state index in [0.29, 0.717) is 29.6 Å². The second-order valence-corrected chi connectivity index (χ2v) is 11.7. The quantitative estimate of drug-likeness (QED) is 0.646. The van der Waals surface area contributed by atoms with Gasteiger partial charge in [0.1, 0.15) is 6.54 Å². The highest BCUT2D eigenvalue weighted by atomic mass is 35.5. The molecular formula is C23H26ClN3O4S2. The number of amides is 2. The molecule has 0 aliphatic carbocycles. The number of carbonyl (C=O) groups excluding carboxylic acids is 2. The Labute approximate surface area is 203 Å². The van der Waals surface area contributed by atoms with E-state index in [2.05, 4.69) is 5.32 Å². The molecule has 2 aliphatic heterocycles. The minimum atomic E-state index is -3.65. The first-order chi connectivity index (χ1) is 15.8. The molecule has 0 unspecified atom stereocenters. The zero-order valence-corrected chi connectivity index (χ0v) is 20.7. The number of sulfonamides is 1. The Kier molecular flexibility index (Phi) is 7.33. The van der Waals surface area contributed by atoms with Crippen LogP contribution in [-0.4, -0.2) is 49.9 Å². The summed E-state index contributed by atoms with van der Waals surface area (Å²) in [4.78, 5) is 28.3. The summed E-state index contributed by atoms with van der Waals surface area (Å²) in [6.07, 6.45) is 1.68. The minimum absolute atomic E-state index is 0.146. The summed E-state index contributed by atoms with van der Waals surface area (Å²) in [6, 6.07) is 12.1. The minimum Gasteiger partial charge on any atom is -0.350 e. The maximum Gasteiger partial charge on any atom is 0.243 e. The number of hydrogen-bond acceptors (Lipinski definition) is 5. The molecule has 4 rings (SSSR count). The van der Waals surface area contributed by atoms with Gasteiger partial charge in [-0.3, -0.25) is 9.59 Å². The third kappa shape index (κ3) is 5.21. The van der Waals surface area contributed by atoms with Crippen LogP contribution < -0.4 is 10.2 Å². The average molecular weight is 508 g/mol. The molecule has 0 aromatic heterocycles. The van der Waals surface area contributed by atoms with Gasteiger partial charge in [-0.25, -0.2) is 8.42 Å². The monoisotopic (exact) mass is 507 g/mol. The van der Waals surface area contributed by atoms with Crippen LogP contribution in [0.4, 0.5) is 5.69 Å². The molecule has 2 aliphatic rings. The van der Waals surface area contributed by atoms with Crippen molar-refractivity contribution in [1.29, 1.82) is 0 Å². The number of hydrogen-bond donors (Lipinski definition) is 1. The van der Waals surface area contributed by atoms with Gasteiger partial charge in [-0.2, -0.15) is 4.31 Å². The first kappa shape index (κ1) is 24.1. The SMILES string of the molecule is C[C@@H]1CSc2ccc(S(=O)(=O)N3CCCC3)cc2N(CC(=O)NCc2ccccc2Cl)C1=O. The van der Waals surface area contributed by atoms with E-state index in [0.717, 1.165) is 23.3 Å². The zero-order valence-electron chi connectivity index (χ0n) is 18.3. The molecule has 1 atom stereocenters. The number of nitrogens with zero attached hydrogens (tertiary/aromatic N) is 2. The van der Waals surface area contributed by atoms with E-state index < -0.39 is 10.0 Å². The van der Waals surface area contributed by atoms with Crippen LogP contribution in [0.15, 0.2) is 52.3 Å². The van der Waals surface area contributed by atoms with Crippen LogP contribution in [0.5, 0.6) is 0 Å². The van der Waals surface area contributed by atoms with Crippen molar-refractivity contribution in [2.45, 2.75) is 36.1 Å². The highest BCUT2D eigenvalue weighted by Gasteiger charge is 2.33. The second kappa shape index (κ2) is 10.0. The number of halogens is 1. The number of benzene rings is 2. The molecule has 7 nitrogen and oxygen atoms in total. The van der Waals surface area contributed by atoms with Crippen LogP contribution >= 0.6 is 23.4 Å². The average Bonchev–Trinajstić information content (AvgIpc) is 3.32. The first-order valence-corrected chi connectivity index (χ1v) is 13.7. The highest BCUT2D eigenvalue weighted by molar-refractivity contribution is 7.99. The second-order valence-electron chi connectivity index (χ2n) is 8.25. The molecule has 2 aromatic rings. The van der Waals surface area contributed by atoms with E-state index in [1.807, 2.05) is 25.1 Å². The largest absolute Gasteiger partial charge is 0.350 e. The fourth-order valence-electron chi connectivity index (χ4n) is 3.94. The zero-order chi connectivity index (χ0) is 23.6. The third-order valence-electron chi connectivity index (χ3n) is 5.84. The summed E-state index contributed by atoms with van der Waals surface area (Å²) in [5.74, 6) is -0.301. The van der Waals surface area contributed by atoms with Crippen LogP contribution in [0.3, 0.4) is 0 Å². The van der Waals surface area contributed by atoms with Crippen molar-refractivity contribution in [2.75, 3.05) is 30.3 Å². The molecule has 176 valence electrons. The molecule has 10 heteroatoms. The van der Waals surface area contributed by atoms with E-state index in [-0.39, 0.29) is 35.7 Å². The summed E-state index contributed by atoms with van der Waals surface area (Å²) < 4.78 is 27.7. The van der Waals surface area contributed by atoms with Crippen LogP contribution in [0, 0.1) is 5.92 Å². The lowest BCUT2D eigenvalue weighted by Gasteiger charge is -2.25. The third-order valence-corrected chi connectivity index (χ3v) is 9.42. The fourth-order valence-corrected chi connectivity index (χ4v) is 6.73. The van der Waals surface area contributed by atoms with Crippen molar-refractivity contribution < 1.29 is 18.0 Å². The molecule has 0 saturated carbocycles. The molecule has 1 saturated heterocycles. The lowest BCUT2D eigenvalue weighted by Crippen LogP contribution is -2.43. The molecule has 0 radical (unpaired) electrons. The Morgan fingerprint density at radius 3 is 2.64 bits per heavy atom. The van der Waals surface area contributed by atoms with Crippen LogP contribution in [0.25, 0.3) is 0 Å². The summed E-state index contributed by atoms with van der Waals surface area (Å²) in [6.45, 7) is 2.85. The van der Waals surface area contributed by atoms with E-state index in [9.17, 15) is 18.0 Å². The molecule has 2 aromatic carbocycles. The Balaban J connectivity index is 1.59. The van der Waals surface area contributed by atoms with Gasteiger partial charge in [0, 0.05) is 41.2 Å². The molecule has 2 heterocycles. The first-order valence-electron chi connectivity index (χ1n) is 10.9. The van der Waals surface area contributed by atoms with E-state index in [1.54, 1.807) is 18.2 Å². The van der Waals surface area contributed by atoms with Crippen LogP contribution in [0.1, 0.15) is 25.3 Å². The van der Waals surface area contributed by atoms with Crippen molar-refractivity contribution in [3.05, 3.63) is 53.1 Å². The molecule has 1 N–H and O–H groups in total. The van der Waals surface area contributed by atoms with Gasteiger partial charge < -0.3 is 10.2 Å². The maximum absolute atomic E-state index is 13.1. The highest BCUT2D eigenvalue weighted by Crippen LogP contribution is 2.38. The molecule has 1 fully saturated rings. The summed E-state index contributed by atoms with van der Waals surface area (Å²) in [7, 11) is -3.65. The maximum atomic E-state index is 13.1. The number of nitrogens with one attached hydrogen (secondary N) is 1. The summed E-state index contributed by atoms with van der Waals surface area (Å²) in [5.41, 5.74) is 1.24. The van der Waals surface area contributed by atoms with Crippen molar-refractivity contribution in [3.63, 3.8) is 0 Å². The molecular weight excluding hydrogens is 482 g/mol. The predicted octanol–water partition coefficient (Wildman–Crippen LogP) is 3.52. The van der Waals surface area contributed by atoms with Crippen LogP contribution in [0.2, 0.25) is 5.02 Å². The predicted molar refractivity (Wildman–Crippen MR) is 130 cm³/mol. The van der Waals surface area contributed by atoms with E-state index in [1.165, 1.54) is 27.0 Å². The molecule has 0 spiro atoms. The topological polar surface area (TPSA) is 86.8 Å². The van der Waals surface area contributed by atoms with Gasteiger partial charge in [-0.05, 0) is 42.7 Å². The summed E-state index contributed by atoms with van der Waals surface area (Å²) in [5, 5.41) is 3.36. The Morgan fingerprint density at radius 2 is 1.91 bits per heavy atom. The van der Waals surface area contributed by atoms with E-state index >= 15 is 0 Å². The number of anilines is 1. The lowest BCUT2D eigenvalue weighted by molar-refractivity contribution is -0.125. The Morgan fingerprint density at radius 1 is 1.18 bits per heavy atom. The van der Waals surface area contributed by atoms with Gasteiger partial charge in [0.05, 0.1) is 10.6 Å². The van der Waals surface area contributed by atoms with Crippen LogP contribution in [-0.2, 0) is 26.2 Å². The van der Waals surface area contributed by atoms with Crippen molar-refractivity contribution in [3.8, 4) is 0 Å². The normalized spacial score (nSPS) is 19.3. The van der Waals surface area contributed by atoms with Gasteiger partial charge >= 0.3 is 0 Å². The summed E-state index contributed by atoms with van der Waals surface area (Å²) >= 11 is 7.66. The number of carbonyl (C=O) groups is 2. The smallest absolute Gasteiger partial charge is 0.243 e. The van der Waals surface area contributed by atoms with Gasteiger partial charge in [0.25, 0.3) is 0 Å². The number of thioether (sulfide) groups is 1. The van der Waals surface area contributed by atoms with Crippen molar-refractivity contribution >= 4 is 50.9 Å². The molecule has 33 heavy (non-hydrogen) atoms. The lowest BCUT2D eigenvalue weighted by atomic mass is 10.1. The fraction of sp³-hybridized carbons (Fsp3) is 0.391. The van der Waals surface area contributed by atoms with Crippen molar-refractivity contribution in [2.24, 2.45) is 5.92 Å². The Hall–Kier alpha value is -2.07. The van der Waals surface area contributed by atoms with Gasteiger partial charge in [0.15, 0.2) is 0 Å². The number of fused-ring (bicyclic) bond motifs is 1. The molecule has 2 amide bonds. The molecule has 0 bridgehead atoms. The van der Waals surface area contributed by atoms with Gasteiger partial charge in [-0.15, -0.1) is 11.8 Å². The van der Waals surface area contributed by atoms with Gasteiger partial charge in [0.2, 0.25) is 21.8 Å². The standard InChI is InChI=1S/C23H26ClN3O4S2/c1-16-15-32-21-9-8-18(33(30,31)26-10-4-5-11-26)12-20(21)27(23(16)29)14-22(28)25-13-17-6-2-3-7-19(17)24/h2-3,6-9,12,16H,4-5,10-11,13-15H2,1H3,(H,25,28)/t16-/m1/s1. The Bertz CT molecular complexity index is 1170. The number of rotatable bonds is 6. The van der Waals surface area contributed by atoms with Gasteiger partial charge in [-0.1, -0.05) is 36.7 Å². The van der Waals surface area contributed by atoms with Crippen molar-refractivity contribution in [1.82, 2.24) is 9.62 Å².